The van der Waals surface area contributed by atoms with Crippen LogP contribution in [0.1, 0.15) is 18.9 Å². The fourth-order valence-electron chi connectivity index (χ4n) is 3.58. The molecule has 0 radical (unpaired) electrons. The lowest BCUT2D eigenvalue weighted by atomic mass is 10.1. The molecule has 1 N–H and O–H groups in total. The molecule has 5 rings (SSSR count). The SMILES string of the molecule is CCCOc1ccc2cc(-c3csc(NC(=O)Cc4ccc5c(c4)OCCO5)n3)c(=O)oc2c1. The van der Waals surface area contributed by atoms with Crippen LogP contribution in [-0.2, 0) is 11.2 Å². The number of benzene rings is 2. The van der Waals surface area contributed by atoms with Crippen molar-refractivity contribution < 1.29 is 23.4 Å². The number of aromatic nitrogens is 1. The largest absolute Gasteiger partial charge is 0.493 e. The van der Waals surface area contributed by atoms with Crippen LogP contribution in [0.4, 0.5) is 5.13 Å². The van der Waals surface area contributed by atoms with Gasteiger partial charge in [-0.2, -0.15) is 0 Å². The van der Waals surface area contributed by atoms with E-state index in [1.165, 1.54) is 11.3 Å². The number of ether oxygens (including phenoxy) is 3. The van der Waals surface area contributed by atoms with E-state index in [0.717, 1.165) is 17.4 Å². The monoisotopic (exact) mass is 478 g/mol. The van der Waals surface area contributed by atoms with Gasteiger partial charge in [-0.25, -0.2) is 9.78 Å². The minimum Gasteiger partial charge on any atom is -0.493 e. The highest BCUT2D eigenvalue weighted by molar-refractivity contribution is 7.14. The number of hydrogen-bond donors (Lipinski definition) is 1. The van der Waals surface area contributed by atoms with Gasteiger partial charge in [0.2, 0.25) is 5.91 Å². The van der Waals surface area contributed by atoms with Crippen LogP contribution in [0.15, 0.2) is 57.1 Å². The Kier molecular flexibility index (Phi) is 6.18. The number of carbonyl (C=O) groups excluding carboxylic acids is 1. The summed E-state index contributed by atoms with van der Waals surface area (Å²) in [6.07, 6.45) is 1.05. The molecule has 4 aromatic rings. The summed E-state index contributed by atoms with van der Waals surface area (Å²) >= 11 is 1.24. The highest BCUT2D eigenvalue weighted by atomic mass is 32.1. The summed E-state index contributed by atoms with van der Waals surface area (Å²) in [5.41, 5.74) is 1.53. The number of nitrogens with zero attached hydrogens (tertiary/aromatic N) is 1. The number of amides is 1. The van der Waals surface area contributed by atoms with Crippen molar-refractivity contribution in [2.75, 3.05) is 25.1 Å². The molecule has 3 heterocycles. The highest BCUT2D eigenvalue weighted by Gasteiger charge is 2.16. The Morgan fingerprint density at radius 1 is 1.12 bits per heavy atom. The van der Waals surface area contributed by atoms with Gasteiger partial charge in [0.05, 0.1) is 24.3 Å². The van der Waals surface area contributed by atoms with Crippen molar-refractivity contribution >= 4 is 33.3 Å². The molecule has 1 amide bonds. The molecule has 0 saturated carbocycles. The van der Waals surface area contributed by atoms with Crippen LogP contribution in [0.25, 0.3) is 22.2 Å². The first kappa shape index (κ1) is 22.0. The third-order valence-electron chi connectivity index (χ3n) is 5.18. The zero-order valence-electron chi connectivity index (χ0n) is 18.5. The third-order valence-corrected chi connectivity index (χ3v) is 5.94. The van der Waals surface area contributed by atoms with Crippen molar-refractivity contribution in [1.82, 2.24) is 4.98 Å². The van der Waals surface area contributed by atoms with E-state index in [0.29, 0.717) is 59.0 Å². The van der Waals surface area contributed by atoms with Crippen LogP contribution >= 0.6 is 11.3 Å². The van der Waals surface area contributed by atoms with Crippen molar-refractivity contribution in [2.45, 2.75) is 19.8 Å². The number of fused-ring (bicyclic) bond motifs is 2. The van der Waals surface area contributed by atoms with Crippen LogP contribution in [0.3, 0.4) is 0 Å². The zero-order valence-corrected chi connectivity index (χ0v) is 19.3. The first-order valence-corrected chi connectivity index (χ1v) is 11.8. The zero-order chi connectivity index (χ0) is 23.5. The molecule has 2 aromatic heterocycles. The van der Waals surface area contributed by atoms with E-state index in [4.69, 9.17) is 18.6 Å². The predicted octanol–water partition coefficient (Wildman–Crippen LogP) is 4.66. The van der Waals surface area contributed by atoms with Gasteiger partial charge < -0.3 is 23.9 Å². The minimum atomic E-state index is -0.500. The summed E-state index contributed by atoms with van der Waals surface area (Å²) in [7, 11) is 0. The van der Waals surface area contributed by atoms with Gasteiger partial charge in [-0.1, -0.05) is 13.0 Å². The molecular formula is C25H22N2O6S. The summed E-state index contributed by atoms with van der Waals surface area (Å²) in [5, 5.41) is 5.67. The summed E-state index contributed by atoms with van der Waals surface area (Å²) in [6, 6.07) is 12.6. The number of nitrogens with one attached hydrogen (secondary N) is 1. The maximum Gasteiger partial charge on any atom is 0.345 e. The second kappa shape index (κ2) is 9.56. The van der Waals surface area contributed by atoms with Gasteiger partial charge in [-0.05, 0) is 42.3 Å². The molecule has 0 aliphatic carbocycles. The van der Waals surface area contributed by atoms with E-state index >= 15 is 0 Å². The van der Waals surface area contributed by atoms with Gasteiger partial charge in [-0.3, -0.25) is 4.79 Å². The summed E-state index contributed by atoms with van der Waals surface area (Å²) < 4.78 is 22.2. The fourth-order valence-corrected chi connectivity index (χ4v) is 4.31. The molecule has 0 spiro atoms. The Hall–Kier alpha value is -3.85. The second-order valence-corrected chi connectivity index (χ2v) is 8.59. The Labute approximate surface area is 199 Å². The van der Waals surface area contributed by atoms with Crippen LogP contribution < -0.4 is 25.2 Å². The first-order valence-electron chi connectivity index (χ1n) is 10.9. The van der Waals surface area contributed by atoms with Gasteiger partial charge in [0.1, 0.15) is 24.5 Å². The third kappa shape index (κ3) is 4.74. The second-order valence-electron chi connectivity index (χ2n) is 7.74. The topological polar surface area (TPSA) is 99.9 Å². The maximum atomic E-state index is 12.6. The van der Waals surface area contributed by atoms with Gasteiger partial charge in [0.15, 0.2) is 16.6 Å². The van der Waals surface area contributed by atoms with E-state index < -0.39 is 5.63 Å². The molecule has 174 valence electrons. The molecular weight excluding hydrogens is 456 g/mol. The minimum absolute atomic E-state index is 0.159. The first-order chi connectivity index (χ1) is 16.6. The molecule has 0 saturated heterocycles. The van der Waals surface area contributed by atoms with Gasteiger partial charge >= 0.3 is 5.63 Å². The maximum absolute atomic E-state index is 12.6. The number of rotatable bonds is 7. The molecule has 0 fully saturated rings. The van der Waals surface area contributed by atoms with Crippen molar-refractivity contribution in [2.24, 2.45) is 0 Å². The van der Waals surface area contributed by atoms with E-state index in [1.54, 1.807) is 29.6 Å². The predicted molar refractivity (Wildman–Crippen MR) is 129 cm³/mol. The average Bonchev–Trinajstić information content (AvgIpc) is 3.30. The van der Waals surface area contributed by atoms with Crippen molar-refractivity contribution in [3.8, 4) is 28.5 Å². The van der Waals surface area contributed by atoms with E-state index in [9.17, 15) is 9.59 Å². The fraction of sp³-hybridized carbons (Fsp3) is 0.240. The standard InChI is InChI=1S/C25H22N2O6S/c1-2-7-30-17-5-4-16-12-18(24(29)33-21(16)13-17)19-14-34-25(26-19)27-23(28)11-15-3-6-20-22(10-15)32-9-8-31-20/h3-6,10,12-14H,2,7-9,11H2,1H3,(H,26,27,28). The quantitative estimate of drug-likeness (QED) is 0.386. The van der Waals surface area contributed by atoms with Gasteiger partial charge in [0, 0.05) is 16.8 Å². The lowest BCUT2D eigenvalue weighted by Crippen LogP contribution is -2.17. The van der Waals surface area contributed by atoms with Crippen LogP contribution in [-0.4, -0.2) is 30.7 Å². The summed E-state index contributed by atoms with van der Waals surface area (Å²) in [5.74, 6) is 1.75. The molecule has 1 aliphatic rings. The molecule has 9 heteroatoms. The van der Waals surface area contributed by atoms with Crippen LogP contribution in [0.2, 0.25) is 0 Å². The summed E-state index contributed by atoms with van der Waals surface area (Å²) in [4.78, 5) is 29.5. The smallest absolute Gasteiger partial charge is 0.345 e. The Morgan fingerprint density at radius 2 is 1.97 bits per heavy atom. The van der Waals surface area contributed by atoms with Crippen molar-refractivity contribution in [3.05, 3.63) is 63.8 Å². The molecule has 0 atom stereocenters. The Bertz CT molecular complexity index is 1410. The number of carbonyl (C=O) groups is 1. The summed E-state index contributed by atoms with van der Waals surface area (Å²) in [6.45, 7) is 3.62. The average molecular weight is 479 g/mol. The normalized spacial score (nSPS) is 12.5. The molecule has 2 aromatic carbocycles. The van der Waals surface area contributed by atoms with Gasteiger partial charge in [0.25, 0.3) is 0 Å². The molecule has 0 bridgehead atoms. The molecule has 8 nitrogen and oxygen atoms in total. The molecule has 0 unspecified atom stereocenters. The molecule has 34 heavy (non-hydrogen) atoms. The Morgan fingerprint density at radius 3 is 2.82 bits per heavy atom. The highest BCUT2D eigenvalue weighted by Crippen LogP contribution is 2.31. The number of anilines is 1. The number of thiazole rings is 1. The van der Waals surface area contributed by atoms with E-state index in [-0.39, 0.29) is 12.3 Å². The van der Waals surface area contributed by atoms with Crippen molar-refractivity contribution in [3.63, 3.8) is 0 Å². The number of hydrogen-bond acceptors (Lipinski definition) is 8. The van der Waals surface area contributed by atoms with Gasteiger partial charge in [-0.15, -0.1) is 11.3 Å². The lowest BCUT2D eigenvalue weighted by Gasteiger charge is -2.18. The van der Waals surface area contributed by atoms with Crippen LogP contribution in [0, 0.1) is 0 Å². The van der Waals surface area contributed by atoms with E-state index in [1.807, 2.05) is 25.1 Å². The molecule has 1 aliphatic heterocycles. The van der Waals surface area contributed by atoms with Crippen molar-refractivity contribution in [1.29, 1.82) is 0 Å². The van der Waals surface area contributed by atoms with Crippen LogP contribution in [0.5, 0.6) is 17.2 Å². The lowest BCUT2D eigenvalue weighted by molar-refractivity contribution is -0.115. The van der Waals surface area contributed by atoms with E-state index in [2.05, 4.69) is 10.3 Å². The Balaban J connectivity index is 1.30.